The van der Waals surface area contributed by atoms with Crippen LogP contribution in [0.4, 0.5) is 0 Å². The highest BCUT2D eigenvalue weighted by Crippen LogP contribution is 2.16. The van der Waals surface area contributed by atoms with Crippen LogP contribution in [0.1, 0.15) is 18.4 Å². The first-order valence-electron chi connectivity index (χ1n) is 5.76. The molecular weight excluding hydrogens is 240 g/mol. The van der Waals surface area contributed by atoms with Gasteiger partial charge in [0.25, 0.3) is 0 Å². The van der Waals surface area contributed by atoms with Gasteiger partial charge >= 0.3 is 0 Å². The number of hydrogen-bond acceptors (Lipinski definition) is 3. The van der Waals surface area contributed by atoms with Gasteiger partial charge in [0.05, 0.1) is 0 Å². The highest BCUT2D eigenvalue weighted by molar-refractivity contribution is 7.99. The SMILES string of the molecule is Clc1ccc(CCNC2CCSCC2)cn1. The number of nitrogens with one attached hydrogen (secondary N) is 1. The molecule has 1 aliphatic heterocycles. The van der Waals surface area contributed by atoms with Crippen LogP contribution in [-0.4, -0.2) is 29.1 Å². The molecule has 0 radical (unpaired) electrons. The first kappa shape index (κ1) is 12.2. The first-order valence-corrected chi connectivity index (χ1v) is 7.29. The third-order valence-corrected chi connectivity index (χ3v) is 4.13. The van der Waals surface area contributed by atoms with Gasteiger partial charge in [0, 0.05) is 12.2 Å². The van der Waals surface area contributed by atoms with Crippen LogP contribution in [0.5, 0.6) is 0 Å². The lowest BCUT2D eigenvalue weighted by Crippen LogP contribution is -2.33. The minimum Gasteiger partial charge on any atom is -0.314 e. The van der Waals surface area contributed by atoms with Crippen LogP contribution in [0.3, 0.4) is 0 Å². The van der Waals surface area contributed by atoms with E-state index in [9.17, 15) is 0 Å². The molecule has 1 aromatic heterocycles. The monoisotopic (exact) mass is 256 g/mol. The van der Waals surface area contributed by atoms with E-state index < -0.39 is 0 Å². The second kappa shape index (κ2) is 6.48. The van der Waals surface area contributed by atoms with E-state index in [4.69, 9.17) is 11.6 Å². The van der Waals surface area contributed by atoms with Crippen molar-refractivity contribution in [1.82, 2.24) is 10.3 Å². The van der Waals surface area contributed by atoms with E-state index >= 15 is 0 Å². The van der Waals surface area contributed by atoms with Crippen molar-refractivity contribution >= 4 is 23.4 Å². The van der Waals surface area contributed by atoms with Crippen LogP contribution in [-0.2, 0) is 6.42 Å². The average molecular weight is 257 g/mol. The van der Waals surface area contributed by atoms with Gasteiger partial charge in [-0.15, -0.1) is 0 Å². The summed E-state index contributed by atoms with van der Waals surface area (Å²) in [6.45, 7) is 1.04. The number of aromatic nitrogens is 1. The van der Waals surface area contributed by atoms with E-state index in [1.54, 1.807) is 0 Å². The zero-order chi connectivity index (χ0) is 11.2. The molecular formula is C12H17ClN2S. The van der Waals surface area contributed by atoms with E-state index in [0.717, 1.165) is 19.0 Å². The van der Waals surface area contributed by atoms with Crippen molar-refractivity contribution in [3.8, 4) is 0 Å². The van der Waals surface area contributed by atoms with Crippen LogP contribution in [0.25, 0.3) is 0 Å². The molecule has 1 fully saturated rings. The molecule has 0 aliphatic carbocycles. The molecule has 0 saturated carbocycles. The van der Waals surface area contributed by atoms with Crippen molar-refractivity contribution in [2.45, 2.75) is 25.3 Å². The van der Waals surface area contributed by atoms with Crippen LogP contribution in [0.15, 0.2) is 18.3 Å². The Bertz CT molecular complexity index is 309. The van der Waals surface area contributed by atoms with Crippen LogP contribution < -0.4 is 5.32 Å². The molecule has 1 aromatic rings. The predicted molar refractivity (Wildman–Crippen MR) is 71.3 cm³/mol. The van der Waals surface area contributed by atoms with Crippen molar-refractivity contribution in [2.75, 3.05) is 18.1 Å². The lowest BCUT2D eigenvalue weighted by Gasteiger charge is -2.22. The number of thioether (sulfide) groups is 1. The molecule has 0 bridgehead atoms. The molecule has 0 aromatic carbocycles. The number of hydrogen-bond donors (Lipinski definition) is 1. The Morgan fingerprint density at radius 1 is 1.38 bits per heavy atom. The van der Waals surface area contributed by atoms with E-state index in [1.807, 2.05) is 18.3 Å². The Hall–Kier alpha value is -0.250. The summed E-state index contributed by atoms with van der Waals surface area (Å²) in [6.07, 6.45) is 5.52. The molecule has 16 heavy (non-hydrogen) atoms. The minimum absolute atomic E-state index is 0.570. The first-order chi connectivity index (χ1) is 7.84. The van der Waals surface area contributed by atoms with Gasteiger partial charge in [0.15, 0.2) is 0 Å². The summed E-state index contributed by atoms with van der Waals surface area (Å²) in [5.74, 6) is 2.61. The molecule has 2 heterocycles. The summed E-state index contributed by atoms with van der Waals surface area (Å²) in [5.41, 5.74) is 1.25. The van der Waals surface area contributed by atoms with Crippen molar-refractivity contribution in [3.63, 3.8) is 0 Å². The summed E-state index contributed by atoms with van der Waals surface area (Å²) in [5, 5.41) is 4.18. The third kappa shape index (κ3) is 3.96. The van der Waals surface area contributed by atoms with E-state index in [0.29, 0.717) is 5.15 Å². The summed E-state index contributed by atoms with van der Waals surface area (Å²) in [4.78, 5) is 4.08. The number of pyridine rings is 1. The molecule has 1 aliphatic rings. The lowest BCUT2D eigenvalue weighted by molar-refractivity contribution is 0.486. The van der Waals surface area contributed by atoms with Gasteiger partial charge in [-0.2, -0.15) is 11.8 Å². The molecule has 2 nitrogen and oxygen atoms in total. The molecule has 4 heteroatoms. The number of halogens is 1. The minimum atomic E-state index is 0.570. The van der Waals surface area contributed by atoms with Gasteiger partial charge in [-0.05, 0) is 48.9 Å². The molecule has 0 unspecified atom stereocenters. The predicted octanol–water partition coefficient (Wildman–Crippen LogP) is 2.76. The summed E-state index contributed by atoms with van der Waals surface area (Å²) in [6, 6.07) is 4.63. The highest BCUT2D eigenvalue weighted by Gasteiger charge is 2.12. The maximum atomic E-state index is 5.74. The maximum absolute atomic E-state index is 5.74. The second-order valence-corrected chi connectivity index (χ2v) is 5.69. The van der Waals surface area contributed by atoms with Crippen LogP contribution >= 0.6 is 23.4 Å². The van der Waals surface area contributed by atoms with Crippen molar-refractivity contribution in [1.29, 1.82) is 0 Å². The van der Waals surface area contributed by atoms with Crippen LogP contribution in [0.2, 0.25) is 5.15 Å². The van der Waals surface area contributed by atoms with Gasteiger partial charge in [0.1, 0.15) is 5.15 Å². The smallest absolute Gasteiger partial charge is 0.129 e. The van der Waals surface area contributed by atoms with Crippen molar-refractivity contribution in [2.24, 2.45) is 0 Å². The van der Waals surface area contributed by atoms with Gasteiger partial charge in [-0.3, -0.25) is 0 Å². The fraction of sp³-hybridized carbons (Fsp3) is 0.583. The van der Waals surface area contributed by atoms with Crippen LogP contribution in [0, 0.1) is 0 Å². The summed E-state index contributed by atoms with van der Waals surface area (Å²) < 4.78 is 0. The topological polar surface area (TPSA) is 24.9 Å². The number of nitrogens with zero attached hydrogens (tertiary/aromatic N) is 1. The van der Waals surface area contributed by atoms with Crippen molar-refractivity contribution < 1.29 is 0 Å². The van der Waals surface area contributed by atoms with E-state index in [-0.39, 0.29) is 0 Å². The molecule has 1 N–H and O–H groups in total. The fourth-order valence-corrected chi connectivity index (χ4v) is 3.09. The Labute approximate surface area is 106 Å². The molecule has 2 rings (SSSR count). The molecule has 0 amide bonds. The maximum Gasteiger partial charge on any atom is 0.129 e. The third-order valence-electron chi connectivity index (χ3n) is 2.86. The normalized spacial score (nSPS) is 17.6. The Morgan fingerprint density at radius 2 is 2.19 bits per heavy atom. The molecule has 88 valence electrons. The zero-order valence-corrected chi connectivity index (χ0v) is 10.9. The van der Waals surface area contributed by atoms with Gasteiger partial charge in [-0.25, -0.2) is 4.98 Å². The molecule has 0 atom stereocenters. The largest absolute Gasteiger partial charge is 0.314 e. The lowest BCUT2D eigenvalue weighted by atomic mass is 10.1. The molecule has 1 saturated heterocycles. The summed E-state index contributed by atoms with van der Waals surface area (Å²) in [7, 11) is 0. The van der Waals surface area contributed by atoms with E-state index in [2.05, 4.69) is 22.1 Å². The van der Waals surface area contributed by atoms with Gasteiger partial charge < -0.3 is 5.32 Å². The second-order valence-electron chi connectivity index (χ2n) is 4.08. The Balaban J connectivity index is 1.69. The average Bonchev–Trinajstić information content (AvgIpc) is 2.33. The van der Waals surface area contributed by atoms with E-state index in [1.165, 1.54) is 29.9 Å². The highest BCUT2D eigenvalue weighted by atomic mass is 35.5. The number of rotatable bonds is 4. The van der Waals surface area contributed by atoms with Gasteiger partial charge in [0.2, 0.25) is 0 Å². The fourth-order valence-electron chi connectivity index (χ4n) is 1.88. The Kier molecular flexibility index (Phi) is 4.94. The van der Waals surface area contributed by atoms with Crippen molar-refractivity contribution in [3.05, 3.63) is 29.0 Å². The standard InChI is InChI=1S/C12H17ClN2S/c13-12-2-1-10(9-15-12)3-6-14-11-4-7-16-8-5-11/h1-2,9,11,14H,3-8H2. The Morgan fingerprint density at radius 3 is 2.88 bits per heavy atom. The zero-order valence-electron chi connectivity index (χ0n) is 9.29. The van der Waals surface area contributed by atoms with Gasteiger partial charge in [-0.1, -0.05) is 17.7 Å². The molecule has 0 spiro atoms. The summed E-state index contributed by atoms with van der Waals surface area (Å²) >= 11 is 7.80. The quantitative estimate of drug-likeness (QED) is 0.839.